The second-order valence-corrected chi connectivity index (χ2v) is 10.9. The van der Waals surface area contributed by atoms with Crippen LogP contribution in [0.4, 0.5) is 0 Å². The number of carboxylic acids is 1. The van der Waals surface area contributed by atoms with Crippen LogP contribution in [-0.4, -0.2) is 69.0 Å². The van der Waals surface area contributed by atoms with Crippen molar-refractivity contribution in [3.63, 3.8) is 0 Å². The van der Waals surface area contributed by atoms with E-state index in [-0.39, 0.29) is 37.4 Å². The zero-order valence-corrected chi connectivity index (χ0v) is 24.7. The van der Waals surface area contributed by atoms with Gasteiger partial charge in [-0.1, -0.05) is 50.6 Å². The minimum absolute atomic E-state index is 0.00506. The van der Waals surface area contributed by atoms with Crippen LogP contribution in [0.5, 0.6) is 5.75 Å². The average molecular weight is 609 g/mol. The molecule has 0 bridgehead atoms. The Morgan fingerprint density at radius 1 is 0.886 bits per heavy atom. The topological polar surface area (TPSA) is 230 Å². The lowest BCUT2D eigenvalue weighted by Gasteiger charge is -2.28. The van der Waals surface area contributed by atoms with Crippen LogP contribution in [0, 0.1) is 5.92 Å². The largest absolute Gasteiger partial charge is 0.508 e. The third-order valence-corrected chi connectivity index (χ3v) is 7.55. The number of primary amides is 1. The number of carboxylic acid groups (broad SMARTS) is 1. The summed E-state index contributed by atoms with van der Waals surface area (Å²) in [6.07, 6.45) is 2.03. The Morgan fingerprint density at radius 3 is 2.18 bits per heavy atom. The number of rotatable bonds is 16. The molecule has 236 valence electrons. The van der Waals surface area contributed by atoms with Crippen molar-refractivity contribution in [3.05, 3.63) is 65.9 Å². The Bertz CT molecular complexity index is 1470. The van der Waals surface area contributed by atoms with Gasteiger partial charge in [0.25, 0.3) is 0 Å². The number of aromatic nitrogens is 1. The van der Waals surface area contributed by atoms with Gasteiger partial charge in [0.2, 0.25) is 23.6 Å². The molecule has 5 unspecified atom stereocenters. The highest BCUT2D eigenvalue weighted by Crippen LogP contribution is 2.20. The number of H-pyrrole nitrogens is 1. The lowest BCUT2D eigenvalue weighted by Crippen LogP contribution is -2.59. The molecule has 0 saturated carbocycles. The zero-order chi connectivity index (χ0) is 32.4. The Balaban J connectivity index is 1.82. The van der Waals surface area contributed by atoms with Crippen molar-refractivity contribution in [1.82, 2.24) is 20.9 Å². The van der Waals surface area contributed by atoms with Gasteiger partial charge in [-0.3, -0.25) is 19.2 Å². The Morgan fingerprint density at radius 2 is 1.55 bits per heavy atom. The van der Waals surface area contributed by atoms with Gasteiger partial charge in [0.1, 0.15) is 23.9 Å². The number of aromatic amines is 1. The van der Waals surface area contributed by atoms with E-state index in [0.717, 1.165) is 10.9 Å². The number of aromatic hydroxyl groups is 1. The Kier molecular flexibility index (Phi) is 11.9. The number of hydrogen-bond acceptors (Lipinski definition) is 7. The van der Waals surface area contributed by atoms with E-state index in [4.69, 9.17) is 11.5 Å². The first-order valence-electron chi connectivity index (χ1n) is 14.4. The maximum atomic E-state index is 13.6. The van der Waals surface area contributed by atoms with E-state index in [9.17, 15) is 34.2 Å². The van der Waals surface area contributed by atoms with E-state index >= 15 is 0 Å². The molecule has 3 aromatic rings. The molecule has 1 aromatic heterocycles. The monoisotopic (exact) mass is 608 g/mol. The number of nitrogens with one attached hydrogen (secondary N) is 4. The van der Waals surface area contributed by atoms with Crippen molar-refractivity contribution in [2.24, 2.45) is 17.4 Å². The number of benzene rings is 2. The van der Waals surface area contributed by atoms with Gasteiger partial charge in [-0.15, -0.1) is 0 Å². The predicted molar refractivity (Wildman–Crippen MR) is 163 cm³/mol. The van der Waals surface area contributed by atoms with Crippen molar-refractivity contribution >= 4 is 40.5 Å². The highest BCUT2D eigenvalue weighted by Gasteiger charge is 2.33. The summed E-state index contributed by atoms with van der Waals surface area (Å²) >= 11 is 0. The highest BCUT2D eigenvalue weighted by atomic mass is 16.4. The first kappa shape index (κ1) is 33.6. The molecule has 1 heterocycles. The minimum Gasteiger partial charge on any atom is -0.508 e. The quantitative estimate of drug-likeness (QED) is 0.116. The normalized spacial score (nSPS) is 14.5. The number of phenols is 1. The summed E-state index contributed by atoms with van der Waals surface area (Å²) in [5.74, 6) is -4.30. The maximum Gasteiger partial charge on any atom is 0.326 e. The molecule has 0 aliphatic heterocycles. The molecule has 2 aromatic carbocycles. The number of carbonyl (C=O) groups is 5. The second-order valence-electron chi connectivity index (χ2n) is 10.9. The standard InChI is InChI=1S/C31H40N6O7/c1-3-17(2)27(37-28(40)22(32)12-13-26(33)39)30(42)35-24(14-18-8-10-20(38)11-9-18)29(41)36-25(31(43)44)15-19-16-34-23-7-5-4-6-21(19)23/h4-11,16-17,22,24-25,27,34,38H,3,12-15,32H2,1-2H3,(H2,33,39)(H,35,42)(H,36,41)(H,37,40)(H,43,44). The third-order valence-electron chi connectivity index (χ3n) is 7.55. The molecule has 0 radical (unpaired) electrons. The summed E-state index contributed by atoms with van der Waals surface area (Å²) in [5.41, 5.74) is 13.2. The number of hydrogen-bond donors (Lipinski definition) is 8. The number of carbonyl (C=O) groups excluding carboxylic acids is 4. The van der Waals surface area contributed by atoms with Gasteiger partial charge in [0.15, 0.2) is 0 Å². The van der Waals surface area contributed by atoms with E-state index in [1.807, 2.05) is 31.2 Å². The number of para-hydroxylation sites is 1. The molecule has 10 N–H and O–H groups in total. The maximum absolute atomic E-state index is 13.6. The summed E-state index contributed by atoms with van der Waals surface area (Å²) in [7, 11) is 0. The van der Waals surface area contributed by atoms with Crippen LogP contribution in [0.25, 0.3) is 10.9 Å². The zero-order valence-electron chi connectivity index (χ0n) is 24.7. The van der Waals surface area contributed by atoms with Gasteiger partial charge in [0, 0.05) is 36.4 Å². The minimum atomic E-state index is -1.31. The fourth-order valence-corrected chi connectivity index (χ4v) is 4.72. The lowest BCUT2D eigenvalue weighted by molar-refractivity contribution is -0.142. The molecule has 0 saturated heterocycles. The summed E-state index contributed by atoms with van der Waals surface area (Å²) in [6.45, 7) is 3.57. The third kappa shape index (κ3) is 9.30. The Labute approximate surface area is 254 Å². The molecule has 5 atom stereocenters. The van der Waals surface area contributed by atoms with Gasteiger partial charge < -0.3 is 42.6 Å². The summed E-state index contributed by atoms with van der Waals surface area (Å²) < 4.78 is 0. The molecular formula is C31H40N6O7. The van der Waals surface area contributed by atoms with Gasteiger partial charge in [-0.2, -0.15) is 0 Å². The average Bonchev–Trinajstić information content (AvgIpc) is 3.40. The van der Waals surface area contributed by atoms with Crippen molar-refractivity contribution in [2.45, 2.75) is 70.1 Å². The van der Waals surface area contributed by atoms with Crippen molar-refractivity contribution in [2.75, 3.05) is 0 Å². The molecule has 0 spiro atoms. The Hall–Kier alpha value is -4.91. The van der Waals surface area contributed by atoms with E-state index in [1.165, 1.54) is 12.1 Å². The first-order chi connectivity index (χ1) is 20.9. The van der Waals surface area contributed by atoms with Crippen LogP contribution in [0.3, 0.4) is 0 Å². The fourth-order valence-electron chi connectivity index (χ4n) is 4.72. The van der Waals surface area contributed by atoms with Gasteiger partial charge in [-0.25, -0.2) is 4.79 Å². The lowest BCUT2D eigenvalue weighted by atomic mass is 9.96. The number of amides is 4. The van der Waals surface area contributed by atoms with E-state index in [1.54, 1.807) is 25.3 Å². The number of phenolic OH excluding ortho intramolecular Hbond substituents is 1. The highest BCUT2D eigenvalue weighted by molar-refractivity contribution is 5.94. The molecule has 0 aliphatic carbocycles. The molecule has 0 fully saturated rings. The van der Waals surface area contributed by atoms with Gasteiger partial charge in [0.05, 0.1) is 6.04 Å². The molecule has 4 amide bonds. The van der Waals surface area contributed by atoms with Crippen molar-refractivity contribution in [3.8, 4) is 5.75 Å². The predicted octanol–water partition coefficient (Wildman–Crippen LogP) is 0.837. The molecular weight excluding hydrogens is 568 g/mol. The molecule has 13 nitrogen and oxygen atoms in total. The summed E-state index contributed by atoms with van der Waals surface area (Å²) in [5, 5.41) is 28.3. The van der Waals surface area contributed by atoms with Gasteiger partial charge >= 0.3 is 5.97 Å². The first-order valence-corrected chi connectivity index (χ1v) is 14.4. The van der Waals surface area contributed by atoms with E-state index in [2.05, 4.69) is 20.9 Å². The van der Waals surface area contributed by atoms with Crippen molar-refractivity contribution < 1.29 is 34.2 Å². The number of aliphatic carboxylic acids is 1. The van der Waals surface area contributed by atoms with Crippen LogP contribution in [-0.2, 0) is 36.8 Å². The summed E-state index contributed by atoms with van der Waals surface area (Å²) in [4.78, 5) is 66.4. The number of nitrogens with two attached hydrogens (primary N) is 2. The number of fused-ring (bicyclic) bond motifs is 1. The summed E-state index contributed by atoms with van der Waals surface area (Å²) in [6, 6.07) is 8.68. The van der Waals surface area contributed by atoms with E-state index < -0.39 is 53.8 Å². The smallest absolute Gasteiger partial charge is 0.326 e. The van der Waals surface area contributed by atoms with Crippen molar-refractivity contribution in [1.29, 1.82) is 0 Å². The van der Waals surface area contributed by atoms with Crippen LogP contribution in [0.15, 0.2) is 54.7 Å². The van der Waals surface area contributed by atoms with Crippen LogP contribution < -0.4 is 27.4 Å². The molecule has 0 aliphatic rings. The fraction of sp³-hybridized carbons (Fsp3) is 0.387. The van der Waals surface area contributed by atoms with Gasteiger partial charge in [-0.05, 0) is 41.7 Å². The molecule has 3 rings (SSSR count). The molecule has 13 heteroatoms. The second kappa shape index (κ2) is 15.5. The molecule has 44 heavy (non-hydrogen) atoms. The van der Waals surface area contributed by atoms with Crippen LogP contribution >= 0.6 is 0 Å². The van der Waals surface area contributed by atoms with Crippen LogP contribution in [0.1, 0.15) is 44.2 Å². The van der Waals surface area contributed by atoms with Crippen LogP contribution in [0.2, 0.25) is 0 Å². The SMILES string of the molecule is CCC(C)C(NC(=O)C(N)CCC(N)=O)C(=O)NC(Cc1ccc(O)cc1)C(=O)NC(Cc1c[nH]c2ccccc12)C(=O)O. The van der Waals surface area contributed by atoms with E-state index in [0.29, 0.717) is 17.5 Å².